The summed E-state index contributed by atoms with van der Waals surface area (Å²) in [7, 11) is 0. The van der Waals surface area contributed by atoms with Crippen molar-refractivity contribution >= 4 is 11.6 Å². The first-order valence-electron chi connectivity index (χ1n) is 7.36. The van der Waals surface area contributed by atoms with E-state index in [2.05, 4.69) is 0 Å². The minimum absolute atomic E-state index is 0.0948. The number of benzene rings is 1. The minimum atomic E-state index is -0.480. The third-order valence-corrected chi connectivity index (χ3v) is 2.52. The van der Waals surface area contributed by atoms with Gasteiger partial charge in [0.1, 0.15) is 0 Å². The maximum Gasteiger partial charge on any atom is 0.226 e. The molecule has 3 nitrogen and oxygen atoms in total. The first-order valence-corrected chi connectivity index (χ1v) is 4.86. The van der Waals surface area contributed by atoms with Gasteiger partial charge in [-0.25, -0.2) is 0 Å². The quantitative estimate of drug-likeness (QED) is 0.802. The molecular formula is C12H15NO2. The molecule has 1 aromatic carbocycles. The number of aliphatic hydroxyl groups is 1. The average molecular weight is 210 g/mol. The van der Waals surface area contributed by atoms with Crippen molar-refractivity contribution in [3.8, 4) is 0 Å². The molecule has 0 aromatic heterocycles. The molecule has 0 bridgehead atoms. The summed E-state index contributed by atoms with van der Waals surface area (Å²) in [5.74, 6) is -0.418. The van der Waals surface area contributed by atoms with Crippen molar-refractivity contribution in [1.29, 1.82) is 0 Å². The Labute approximate surface area is 96.4 Å². The lowest BCUT2D eigenvalue weighted by Gasteiger charge is -2.31. The van der Waals surface area contributed by atoms with E-state index in [1.54, 1.807) is 0 Å². The second-order valence-corrected chi connectivity index (χ2v) is 3.57. The molecule has 1 N–H and O–H groups in total. The molecule has 1 aliphatic heterocycles. The standard InChI is InChI=1S/C12H15NO2/c14-9-10-6-7-12(15)13(8-10)11-4-2-1-3-5-11/h1-5,10,14H,6-9H2/i1D,2D,3D,4D,5D. The summed E-state index contributed by atoms with van der Waals surface area (Å²) in [4.78, 5) is 13.2. The molecule has 1 heterocycles. The van der Waals surface area contributed by atoms with Gasteiger partial charge in [-0.2, -0.15) is 0 Å². The number of hydrogen-bond acceptors (Lipinski definition) is 2. The summed E-state index contributed by atoms with van der Waals surface area (Å²) in [5, 5.41) is 9.20. The Morgan fingerprint density at radius 2 is 2.20 bits per heavy atom. The van der Waals surface area contributed by atoms with Crippen molar-refractivity contribution < 1.29 is 16.8 Å². The Balaban J connectivity index is 2.54. The number of nitrogens with zero attached hydrogens (tertiary/aromatic N) is 1. The maximum absolute atomic E-state index is 12.0. The van der Waals surface area contributed by atoms with Gasteiger partial charge < -0.3 is 10.0 Å². The number of anilines is 1. The Hall–Kier alpha value is -1.35. The molecule has 15 heavy (non-hydrogen) atoms. The van der Waals surface area contributed by atoms with Crippen molar-refractivity contribution in [2.24, 2.45) is 5.92 Å². The van der Waals surface area contributed by atoms with Crippen LogP contribution < -0.4 is 4.90 Å². The number of piperidine rings is 1. The van der Waals surface area contributed by atoms with Crippen LogP contribution in [-0.4, -0.2) is 24.2 Å². The molecule has 1 aliphatic rings. The molecule has 1 unspecified atom stereocenters. The Morgan fingerprint density at radius 3 is 2.87 bits per heavy atom. The predicted octanol–water partition coefficient (Wildman–Crippen LogP) is 1.42. The van der Waals surface area contributed by atoms with Crippen molar-refractivity contribution in [1.82, 2.24) is 0 Å². The third kappa shape index (κ3) is 2.18. The van der Waals surface area contributed by atoms with Crippen molar-refractivity contribution in [3.05, 3.63) is 30.2 Å². The van der Waals surface area contributed by atoms with Crippen molar-refractivity contribution in [2.75, 3.05) is 18.1 Å². The van der Waals surface area contributed by atoms with E-state index in [0.717, 1.165) is 0 Å². The van der Waals surface area contributed by atoms with Crippen molar-refractivity contribution in [3.63, 3.8) is 0 Å². The van der Waals surface area contributed by atoms with Gasteiger partial charge >= 0.3 is 0 Å². The summed E-state index contributed by atoms with van der Waals surface area (Å²) in [6, 6.07) is -2.17. The molecule has 0 spiro atoms. The first-order chi connectivity index (χ1) is 9.38. The van der Waals surface area contributed by atoms with Crippen LogP contribution in [-0.2, 0) is 4.79 Å². The van der Waals surface area contributed by atoms with Crippen LogP contribution in [0.25, 0.3) is 0 Å². The molecule has 0 saturated carbocycles. The van der Waals surface area contributed by atoms with E-state index in [0.29, 0.717) is 6.42 Å². The highest BCUT2D eigenvalue weighted by Gasteiger charge is 2.25. The van der Waals surface area contributed by atoms with Gasteiger partial charge in [-0.05, 0) is 18.5 Å². The number of carbonyl (C=O) groups is 1. The molecule has 2 rings (SSSR count). The first kappa shape index (κ1) is 5.66. The molecule has 0 aliphatic carbocycles. The maximum atomic E-state index is 12.0. The van der Waals surface area contributed by atoms with Gasteiger partial charge in [0.25, 0.3) is 0 Å². The number of amides is 1. The molecule has 1 saturated heterocycles. The Kier molecular flexibility index (Phi) is 1.68. The summed E-state index contributed by atoms with van der Waals surface area (Å²) in [6.07, 6.45) is 0.748. The second kappa shape index (κ2) is 4.45. The minimum Gasteiger partial charge on any atom is -0.396 e. The van der Waals surface area contributed by atoms with Crippen LogP contribution in [0, 0.1) is 5.92 Å². The Bertz CT molecular complexity index is 534. The van der Waals surface area contributed by atoms with Gasteiger partial charge in [-0.3, -0.25) is 4.79 Å². The topological polar surface area (TPSA) is 40.5 Å². The number of para-hydroxylation sites is 1. The molecule has 1 fully saturated rings. The van der Waals surface area contributed by atoms with Crippen LogP contribution in [0.5, 0.6) is 0 Å². The molecule has 0 radical (unpaired) electrons. The van der Waals surface area contributed by atoms with Gasteiger partial charge in [-0.1, -0.05) is 18.1 Å². The van der Waals surface area contributed by atoms with Crippen LogP contribution in [0.15, 0.2) is 30.2 Å². The normalized spacial score (nSPS) is 26.5. The lowest BCUT2D eigenvalue weighted by atomic mass is 9.98. The number of rotatable bonds is 2. The second-order valence-electron chi connectivity index (χ2n) is 3.57. The molecule has 80 valence electrons. The van der Waals surface area contributed by atoms with Gasteiger partial charge in [0.2, 0.25) is 5.91 Å². The molecule has 1 atom stereocenters. The summed E-state index contributed by atoms with van der Waals surface area (Å²) >= 11 is 0. The SMILES string of the molecule is [2H]c1c([2H])c([2H])c(N2CC(CO)CCC2=O)c([2H])c1[2H]. The van der Waals surface area contributed by atoms with Crippen LogP contribution in [0.3, 0.4) is 0 Å². The Morgan fingerprint density at radius 1 is 1.47 bits per heavy atom. The zero-order valence-electron chi connectivity index (χ0n) is 13.2. The molecule has 1 amide bonds. The van der Waals surface area contributed by atoms with Gasteiger partial charge in [0.15, 0.2) is 0 Å². The fourth-order valence-corrected chi connectivity index (χ4v) is 1.66. The third-order valence-electron chi connectivity index (χ3n) is 2.52. The summed E-state index contributed by atoms with van der Waals surface area (Å²) in [5.41, 5.74) is -0.0980. The highest BCUT2D eigenvalue weighted by Crippen LogP contribution is 2.23. The lowest BCUT2D eigenvalue weighted by Crippen LogP contribution is -2.41. The fraction of sp³-hybridized carbons (Fsp3) is 0.417. The number of hydrogen-bond donors (Lipinski definition) is 1. The molecule has 1 aromatic rings. The zero-order chi connectivity index (χ0) is 15.0. The van der Waals surface area contributed by atoms with E-state index >= 15 is 0 Å². The number of aliphatic hydroxyl groups excluding tert-OH is 1. The van der Waals surface area contributed by atoms with Crippen LogP contribution in [0.2, 0.25) is 0 Å². The number of carbonyl (C=O) groups excluding carboxylic acids is 1. The highest BCUT2D eigenvalue weighted by molar-refractivity contribution is 5.94. The average Bonchev–Trinajstić information content (AvgIpc) is 2.45. The van der Waals surface area contributed by atoms with Crippen molar-refractivity contribution in [2.45, 2.75) is 12.8 Å². The van der Waals surface area contributed by atoms with Crippen LogP contribution in [0.4, 0.5) is 5.69 Å². The van der Waals surface area contributed by atoms with E-state index in [9.17, 15) is 9.90 Å². The predicted molar refractivity (Wildman–Crippen MR) is 58.6 cm³/mol. The van der Waals surface area contributed by atoms with Gasteiger partial charge in [0.05, 0.1) is 6.85 Å². The van der Waals surface area contributed by atoms with Crippen LogP contribution in [0.1, 0.15) is 19.7 Å². The van der Waals surface area contributed by atoms with Gasteiger partial charge in [0, 0.05) is 31.2 Å². The lowest BCUT2D eigenvalue weighted by molar-refractivity contribution is -0.120. The highest BCUT2D eigenvalue weighted by atomic mass is 16.3. The van der Waals surface area contributed by atoms with E-state index in [1.807, 2.05) is 0 Å². The molecular weight excluding hydrogens is 190 g/mol. The van der Waals surface area contributed by atoms with E-state index in [-0.39, 0.29) is 49.2 Å². The monoisotopic (exact) mass is 210 g/mol. The van der Waals surface area contributed by atoms with E-state index in [1.165, 1.54) is 4.90 Å². The fourth-order valence-electron chi connectivity index (χ4n) is 1.66. The van der Waals surface area contributed by atoms with E-state index < -0.39 is 18.1 Å². The van der Waals surface area contributed by atoms with E-state index in [4.69, 9.17) is 6.85 Å². The molecule has 3 heteroatoms. The van der Waals surface area contributed by atoms with Crippen LogP contribution >= 0.6 is 0 Å². The summed E-state index contributed by atoms with van der Waals surface area (Å²) < 4.78 is 38.5. The largest absolute Gasteiger partial charge is 0.396 e. The smallest absolute Gasteiger partial charge is 0.226 e. The van der Waals surface area contributed by atoms with Gasteiger partial charge in [-0.15, -0.1) is 0 Å². The summed E-state index contributed by atoms with van der Waals surface area (Å²) in [6.45, 7) is 0.0752. The zero-order valence-corrected chi connectivity index (χ0v) is 8.21.